The lowest BCUT2D eigenvalue weighted by Gasteiger charge is -2.05. The summed E-state index contributed by atoms with van der Waals surface area (Å²) in [4.78, 5) is 12.4. The molecule has 0 saturated heterocycles. The Morgan fingerprint density at radius 1 is 0.917 bits per heavy atom. The Morgan fingerprint density at radius 2 is 1.67 bits per heavy atom. The number of hydrogen-bond acceptors (Lipinski definition) is 3. The van der Waals surface area contributed by atoms with E-state index in [1.54, 1.807) is 18.2 Å². The molecule has 3 heteroatoms. The van der Waals surface area contributed by atoms with Crippen LogP contribution in [0.5, 0.6) is 5.75 Å². The molecule has 1 N–H and O–H groups in total. The van der Waals surface area contributed by atoms with Gasteiger partial charge >= 0.3 is 0 Å². The molecule has 0 spiro atoms. The maximum Gasteiger partial charge on any atom is 0.189 e. The number of phenolic OH excluding ortho intramolecular Hbond substituents is 1. The van der Waals surface area contributed by atoms with Crippen molar-refractivity contribution in [1.82, 2.24) is 0 Å². The lowest BCUT2D eigenvalue weighted by Crippen LogP contribution is -1.95. The predicted molar refractivity (Wildman–Crippen MR) is 95.2 cm³/mol. The van der Waals surface area contributed by atoms with E-state index in [9.17, 15) is 9.90 Å². The van der Waals surface area contributed by atoms with Gasteiger partial charge < -0.3 is 9.52 Å². The molecule has 0 aliphatic carbocycles. The van der Waals surface area contributed by atoms with Crippen molar-refractivity contribution in [3.63, 3.8) is 0 Å². The van der Waals surface area contributed by atoms with Gasteiger partial charge in [-0.15, -0.1) is 0 Å². The number of fused-ring (bicyclic) bond motifs is 2. The van der Waals surface area contributed by atoms with E-state index < -0.39 is 0 Å². The monoisotopic (exact) mass is 314 g/mol. The number of aromatic hydroxyl groups is 1. The molecule has 3 nitrogen and oxygen atoms in total. The van der Waals surface area contributed by atoms with Gasteiger partial charge in [0.05, 0.1) is 5.56 Å². The number of furan rings is 1. The highest BCUT2D eigenvalue weighted by Gasteiger charge is 2.11. The van der Waals surface area contributed by atoms with Crippen LogP contribution >= 0.6 is 0 Å². The molecule has 0 amide bonds. The number of hydrogen-bond donors (Lipinski definition) is 1. The third kappa shape index (κ3) is 2.46. The zero-order chi connectivity index (χ0) is 16.5. The molecule has 4 aromatic rings. The fourth-order valence-corrected chi connectivity index (χ4v) is 2.79. The Morgan fingerprint density at radius 3 is 2.50 bits per heavy atom. The van der Waals surface area contributed by atoms with Crippen LogP contribution in [-0.2, 0) is 0 Å². The molecular formula is C21H14O3. The van der Waals surface area contributed by atoms with Crippen molar-refractivity contribution in [2.45, 2.75) is 0 Å². The normalized spacial score (nSPS) is 11.5. The summed E-state index contributed by atoms with van der Waals surface area (Å²) in [5.41, 5.74) is 1.05. The van der Waals surface area contributed by atoms with Gasteiger partial charge in [-0.25, -0.2) is 0 Å². The van der Waals surface area contributed by atoms with Crippen molar-refractivity contribution in [1.29, 1.82) is 0 Å². The summed E-state index contributed by atoms with van der Waals surface area (Å²) in [6.45, 7) is 0. The van der Waals surface area contributed by atoms with Gasteiger partial charge in [0.2, 0.25) is 0 Å². The smallest absolute Gasteiger partial charge is 0.189 e. The van der Waals surface area contributed by atoms with Gasteiger partial charge in [0.15, 0.2) is 5.78 Å². The molecule has 0 aliphatic heterocycles. The largest absolute Gasteiger partial charge is 0.507 e. The molecule has 0 atom stereocenters. The molecule has 0 fully saturated rings. The molecule has 0 unspecified atom stereocenters. The minimum absolute atomic E-state index is 0.00681. The minimum atomic E-state index is -0.265. The average molecular weight is 314 g/mol. The first-order valence-electron chi connectivity index (χ1n) is 7.64. The van der Waals surface area contributed by atoms with Crippen molar-refractivity contribution < 1.29 is 14.3 Å². The lowest BCUT2D eigenvalue weighted by molar-refractivity contribution is 0.104. The average Bonchev–Trinajstić information content (AvgIpc) is 3.03. The van der Waals surface area contributed by atoms with E-state index in [2.05, 4.69) is 0 Å². The van der Waals surface area contributed by atoms with Crippen LogP contribution in [0.1, 0.15) is 16.1 Å². The standard InChI is InChI=1S/C21H14O3/c22-19(12-10-16-13-15-6-2-4-8-20(15)24-16)18-11-9-14-5-1-3-7-17(14)21(18)23/h1-13,23H. The number of benzene rings is 3. The second-order valence-corrected chi connectivity index (χ2v) is 5.57. The summed E-state index contributed by atoms with van der Waals surface area (Å²) in [7, 11) is 0. The quantitative estimate of drug-likeness (QED) is 0.418. The molecule has 1 aromatic heterocycles. The fraction of sp³-hybridized carbons (Fsp3) is 0. The molecule has 116 valence electrons. The van der Waals surface area contributed by atoms with Crippen LogP contribution in [0.4, 0.5) is 0 Å². The van der Waals surface area contributed by atoms with Crippen molar-refractivity contribution in [3.8, 4) is 5.75 Å². The summed E-state index contributed by atoms with van der Waals surface area (Å²) < 4.78 is 5.65. The molecule has 3 aromatic carbocycles. The highest BCUT2D eigenvalue weighted by Crippen LogP contribution is 2.29. The third-order valence-corrected chi connectivity index (χ3v) is 4.01. The Labute approximate surface area is 138 Å². The number of para-hydroxylation sites is 1. The van der Waals surface area contributed by atoms with E-state index in [1.807, 2.05) is 54.6 Å². The van der Waals surface area contributed by atoms with Crippen LogP contribution in [0.15, 0.2) is 77.2 Å². The number of allylic oxidation sites excluding steroid dienone is 1. The summed E-state index contributed by atoms with van der Waals surface area (Å²) in [6.07, 6.45) is 3.04. The first kappa shape index (κ1) is 14.3. The molecule has 0 saturated carbocycles. The molecular weight excluding hydrogens is 300 g/mol. The van der Waals surface area contributed by atoms with E-state index >= 15 is 0 Å². The Bertz CT molecular complexity index is 1050. The molecule has 4 rings (SSSR count). The predicted octanol–water partition coefficient (Wildman–Crippen LogP) is 5.19. The molecule has 1 heterocycles. The van der Waals surface area contributed by atoms with Gasteiger partial charge in [-0.1, -0.05) is 48.5 Å². The van der Waals surface area contributed by atoms with Crippen molar-refractivity contribution in [3.05, 3.63) is 84.1 Å². The molecule has 0 radical (unpaired) electrons. The Kier molecular flexibility index (Phi) is 3.39. The molecule has 24 heavy (non-hydrogen) atoms. The number of carbonyl (C=O) groups is 1. The number of carbonyl (C=O) groups excluding carboxylic acids is 1. The van der Waals surface area contributed by atoms with Crippen LogP contribution in [0, 0.1) is 0 Å². The zero-order valence-electron chi connectivity index (χ0n) is 12.8. The first-order valence-corrected chi connectivity index (χ1v) is 7.64. The minimum Gasteiger partial charge on any atom is -0.507 e. The molecule has 0 aliphatic rings. The van der Waals surface area contributed by atoms with E-state index in [1.165, 1.54) is 6.08 Å². The number of phenols is 1. The van der Waals surface area contributed by atoms with Gasteiger partial charge in [-0.3, -0.25) is 4.79 Å². The topological polar surface area (TPSA) is 50.4 Å². The van der Waals surface area contributed by atoms with Crippen molar-refractivity contribution in [2.75, 3.05) is 0 Å². The van der Waals surface area contributed by atoms with E-state index in [0.29, 0.717) is 11.1 Å². The lowest BCUT2D eigenvalue weighted by atomic mass is 10.0. The summed E-state index contributed by atoms with van der Waals surface area (Å²) >= 11 is 0. The van der Waals surface area contributed by atoms with Crippen LogP contribution in [-0.4, -0.2) is 10.9 Å². The first-order chi connectivity index (χ1) is 11.7. The SMILES string of the molecule is O=C(C=Cc1cc2ccccc2o1)c1ccc2ccccc2c1O. The fourth-order valence-electron chi connectivity index (χ4n) is 2.79. The van der Waals surface area contributed by atoms with E-state index in [4.69, 9.17) is 4.42 Å². The summed E-state index contributed by atoms with van der Waals surface area (Å²) in [5, 5.41) is 12.9. The van der Waals surface area contributed by atoms with Gasteiger partial charge in [-0.2, -0.15) is 0 Å². The van der Waals surface area contributed by atoms with Crippen LogP contribution in [0.3, 0.4) is 0 Å². The second-order valence-electron chi connectivity index (χ2n) is 5.57. The van der Waals surface area contributed by atoms with Crippen LogP contribution in [0.25, 0.3) is 27.8 Å². The van der Waals surface area contributed by atoms with Crippen molar-refractivity contribution in [2.24, 2.45) is 0 Å². The van der Waals surface area contributed by atoms with Crippen LogP contribution in [0.2, 0.25) is 0 Å². The maximum atomic E-state index is 12.4. The van der Waals surface area contributed by atoms with E-state index in [-0.39, 0.29) is 17.1 Å². The highest BCUT2D eigenvalue weighted by atomic mass is 16.3. The van der Waals surface area contributed by atoms with Crippen molar-refractivity contribution >= 4 is 33.6 Å². The Hall–Kier alpha value is -3.33. The number of ketones is 1. The van der Waals surface area contributed by atoms with Gasteiger partial charge in [0, 0.05) is 10.8 Å². The van der Waals surface area contributed by atoms with Crippen LogP contribution < -0.4 is 0 Å². The third-order valence-electron chi connectivity index (χ3n) is 4.01. The van der Waals surface area contributed by atoms with Gasteiger partial charge in [-0.05, 0) is 35.7 Å². The van der Waals surface area contributed by atoms with Gasteiger partial charge in [0.25, 0.3) is 0 Å². The summed E-state index contributed by atoms with van der Waals surface area (Å²) in [6, 6.07) is 20.4. The summed E-state index contributed by atoms with van der Waals surface area (Å²) in [5.74, 6) is 0.343. The second kappa shape index (κ2) is 5.70. The zero-order valence-corrected chi connectivity index (χ0v) is 12.8. The maximum absolute atomic E-state index is 12.4. The molecule has 0 bridgehead atoms. The number of rotatable bonds is 3. The Balaban J connectivity index is 1.67. The van der Waals surface area contributed by atoms with Gasteiger partial charge in [0.1, 0.15) is 17.1 Å². The highest BCUT2D eigenvalue weighted by molar-refractivity contribution is 6.11. The van der Waals surface area contributed by atoms with E-state index in [0.717, 1.165) is 16.4 Å².